The first-order valence-corrected chi connectivity index (χ1v) is 14.3. The lowest BCUT2D eigenvalue weighted by Gasteiger charge is -2.31. The topological polar surface area (TPSA) is 117 Å². The Morgan fingerprint density at radius 3 is 2.82 bits per heavy atom. The second kappa shape index (κ2) is 15.4. The number of aromatic nitrogens is 2. The van der Waals surface area contributed by atoms with Crippen molar-refractivity contribution in [3.05, 3.63) is 48.0 Å². The number of hydrogen-bond acceptors (Lipinski definition) is 8. The predicted molar refractivity (Wildman–Crippen MR) is 147 cm³/mol. The zero-order valence-electron chi connectivity index (χ0n) is 22.5. The summed E-state index contributed by atoms with van der Waals surface area (Å²) in [7, 11) is 2.95. The molecule has 2 N–H and O–H groups in total. The van der Waals surface area contributed by atoms with Gasteiger partial charge in [-0.15, -0.1) is 0 Å². The minimum Gasteiger partial charge on any atom is -0.496 e. The largest absolute Gasteiger partial charge is 0.496 e. The number of hydrogen-bond donors (Lipinski definition) is 2. The second-order valence-electron chi connectivity index (χ2n) is 9.37. The number of ether oxygens (including phenoxy) is 2. The van der Waals surface area contributed by atoms with E-state index in [-0.39, 0.29) is 24.4 Å². The number of carbonyl (C=O) groups excluding carboxylic acids is 3. The van der Waals surface area contributed by atoms with Crippen LogP contribution in [0.2, 0.25) is 0 Å². The van der Waals surface area contributed by atoms with Gasteiger partial charge in [-0.1, -0.05) is 18.2 Å². The number of thioether (sulfide) groups is 1. The van der Waals surface area contributed by atoms with Crippen molar-refractivity contribution in [3.8, 4) is 5.75 Å². The van der Waals surface area contributed by atoms with Crippen LogP contribution >= 0.6 is 11.8 Å². The number of H-pyrrole nitrogens is 1. The number of benzene rings is 1. The number of aromatic amines is 1. The summed E-state index contributed by atoms with van der Waals surface area (Å²) in [6, 6.07) is 7.02. The molecule has 208 valence electrons. The lowest BCUT2D eigenvalue weighted by atomic mass is 10.1. The molecule has 1 fully saturated rings. The first kappa shape index (κ1) is 29.5. The van der Waals surface area contributed by atoms with E-state index in [1.54, 1.807) is 31.4 Å². The van der Waals surface area contributed by atoms with Crippen molar-refractivity contribution in [2.24, 2.45) is 0 Å². The highest BCUT2D eigenvalue weighted by atomic mass is 32.2. The van der Waals surface area contributed by atoms with Gasteiger partial charge in [0.2, 0.25) is 11.8 Å². The fraction of sp³-hybridized carbons (Fsp3) is 0.556. The molecular formula is C27H39N5O5S. The van der Waals surface area contributed by atoms with Crippen LogP contribution in [0.1, 0.15) is 36.9 Å². The molecule has 0 aliphatic carbocycles. The smallest absolute Gasteiger partial charge is 0.328 e. The van der Waals surface area contributed by atoms with Gasteiger partial charge in [-0.3, -0.25) is 14.5 Å². The summed E-state index contributed by atoms with van der Waals surface area (Å²) in [5, 5.41) is 2.85. The third-order valence-corrected chi connectivity index (χ3v) is 7.36. The molecule has 2 amide bonds. The number of methoxy groups -OCH3 is 2. The maximum absolute atomic E-state index is 13.1. The van der Waals surface area contributed by atoms with Crippen LogP contribution in [0.15, 0.2) is 36.8 Å². The van der Waals surface area contributed by atoms with E-state index in [0.29, 0.717) is 38.9 Å². The number of nitrogens with one attached hydrogen (secondary N) is 2. The van der Waals surface area contributed by atoms with E-state index in [0.717, 1.165) is 35.6 Å². The lowest BCUT2D eigenvalue weighted by Crippen LogP contribution is -2.49. The van der Waals surface area contributed by atoms with Crippen molar-refractivity contribution in [3.63, 3.8) is 0 Å². The summed E-state index contributed by atoms with van der Waals surface area (Å²) in [5.41, 5.74) is 1.88. The Morgan fingerprint density at radius 1 is 1.29 bits per heavy atom. The molecule has 2 aromatic rings. The van der Waals surface area contributed by atoms with Gasteiger partial charge in [0, 0.05) is 49.6 Å². The first-order chi connectivity index (χ1) is 18.4. The van der Waals surface area contributed by atoms with Crippen LogP contribution in [0.3, 0.4) is 0 Å². The van der Waals surface area contributed by atoms with Crippen molar-refractivity contribution in [1.29, 1.82) is 0 Å². The van der Waals surface area contributed by atoms with Crippen LogP contribution < -0.4 is 10.1 Å². The van der Waals surface area contributed by atoms with Crippen molar-refractivity contribution in [2.75, 3.05) is 45.9 Å². The molecule has 1 aromatic carbocycles. The Labute approximate surface area is 228 Å². The molecule has 38 heavy (non-hydrogen) atoms. The van der Waals surface area contributed by atoms with Crippen molar-refractivity contribution in [2.45, 2.75) is 50.7 Å². The fourth-order valence-corrected chi connectivity index (χ4v) is 5.26. The summed E-state index contributed by atoms with van der Waals surface area (Å²) in [4.78, 5) is 49.5. The minimum absolute atomic E-state index is 0.000306. The Morgan fingerprint density at radius 2 is 2.11 bits per heavy atom. The van der Waals surface area contributed by atoms with Gasteiger partial charge >= 0.3 is 5.97 Å². The molecule has 0 radical (unpaired) electrons. The Balaban J connectivity index is 1.70. The van der Waals surface area contributed by atoms with Crippen LogP contribution in [-0.2, 0) is 32.1 Å². The molecule has 11 heteroatoms. The van der Waals surface area contributed by atoms with Crippen molar-refractivity contribution >= 4 is 29.5 Å². The Bertz CT molecular complexity index is 1030. The summed E-state index contributed by atoms with van der Waals surface area (Å²) >= 11 is 1.61. The SMILES string of the molecule is COC(=O)C(CCSC)NC(=O)CN(Cc1ccccc1OC)C[C@@H]1CCCN1C(=O)CCc1cnc[nH]1. The number of nitrogens with zero attached hydrogens (tertiary/aromatic N) is 3. The average Bonchev–Trinajstić information content (AvgIpc) is 3.62. The number of esters is 1. The zero-order chi connectivity index (χ0) is 27.3. The van der Waals surface area contributed by atoms with E-state index in [1.165, 1.54) is 7.11 Å². The molecule has 0 bridgehead atoms. The molecule has 2 heterocycles. The number of likely N-dealkylation sites (tertiary alicyclic amines) is 1. The minimum atomic E-state index is -0.694. The van der Waals surface area contributed by atoms with E-state index >= 15 is 0 Å². The molecule has 0 spiro atoms. The van der Waals surface area contributed by atoms with E-state index in [2.05, 4.69) is 15.3 Å². The molecule has 2 atom stereocenters. The summed E-state index contributed by atoms with van der Waals surface area (Å²) in [6.45, 7) is 1.80. The number of imidazole rings is 1. The molecule has 1 saturated heterocycles. The average molecular weight is 546 g/mol. The van der Waals surface area contributed by atoms with Gasteiger partial charge in [0.1, 0.15) is 11.8 Å². The highest BCUT2D eigenvalue weighted by molar-refractivity contribution is 7.98. The normalized spacial score (nSPS) is 15.9. The maximum Gasteiger partial charge on any atom is 0.328 e. The quantitative estimate of drug-likeness (QED) is 0.328. The van der Waals surface area contributed by atoms with Crippen molar-refractivity contribution < 1.29 is 23.9 Å². The molecule has 1 aliphatic heterocycles. The van der Waals surface area contributed by atoms with Gasteiger partial charge in [0.05, 0.1) is 27.1 Å². The second-order valence-corrected chi connectivity index (χ2v) is 10.4. The standard InChI is InChI=1S/C27H39N5O5S/c1-36-24-9-5-4-7-20(24)16-31(18-25(33)30-23(12-14-38-3)27(35)37-2)17-22-8-6-13-32(22)26(34)11-10-21-15-28-19-29-21/h4-5,7,9,15,19,22-23H,6,8,10-14,16-18H2,1-3H3,(H,28,29)(H,30,33)/t22-,23?/m0/s1. The van der Waals surface area contributed by atoms with Gasteiger partial charge in [-0.2, -0.15) is 11.8 Å². The van der Waals surface area contributed by atoms with Gasteiger partial charge in [-0.25, -0.2) is 9.78 Å². The number of aryl methyl sites for hydroxylation is 1. The highest BCUT2D eigenvalue weighted by Crippen LogP contribution is 2.23. The monoisotopic (exact) mass is 545 g/mol. The van der Waals surface area contributed by atoms with Gasteiger partial charge < -0.3 is 24.7 Å². The Kier molecular flexibility index (Phi) is 11.9. The third kappa shape index (κ3) is 8.76. The zero-order valence-corrected chi connectivity index (χ0v) is 23.3. The van der Waals surface area contributed by atoms with Crippen LogP contribution in [0.5, 0.6) is 5.75 Å². The third-order valence-electron chi connectivity index (χ3n) is 6.71. The molecule has 1 aromatic heterocycles. The Hall–Kier alpha value is -3.05. The van der Waals surface area contributed by atoms with Crippen molar-refractivity contribution in [1.82, 2.24) is 25.1 Å². The van der Waals surface area contributed by atoms with E-state index < -0.39 is 12.0 Å². The maximum atomic E-state index is 13.1. The highest BCUT2D eigenvalue weighted by Gasteiger charge is 2.31. The van der Waals surface area contributed by atoms with Gasteiger partial charge in [0.25, 0.3) is 0 Å². The molecule has 0 saturated carbocycles. The lowest BCUT2D eigenvalue weighted by molar-refractivity contribution is -0.145. The summed E-state index contributed by atoms with van der Waals surface area (Å²) in [5.74, 6) is 0.860. The van der Waals surface area contributed by atoms with Crippen LogP contribution in [-0.4, -0.2) is 95.5 Å². The fourth-order valence-electron chi connectivity index (χ4n) is 4.79. The van der Waals surface area contributed by atoms with Crippen LogP contribution in [0, 0.1) is 0 Å². The van der Waals surface area contributed by atoms with Crippen LogP contribution in [0.25, 0.3) is 0 Å². The van der Waals surface area contributed by atoms with Crippen LogP contribution in [0.4, 0.5) is 0 Å². The number of rotatable bonds is 15. The molecule has 3 rings (SSSR count). The predicted octanol–water partition coefficient (Wildman–Crippen LogP) is 2.26. The molecule has 1 unspecified atom stereocenters. The summed E-state index contributed by atoms with van der Waals surface area (Å²) < 4.78 is 10.4. The van der Waals surface area contributed by atoms with Gasteiger partial charge in [-0.05, 0) is 43.8 Å². The number of carbonyl (C=O) groups is 3. The number of amides is 2. The number of para-hydroxylation sites is 1. The van der Waals surface area contributed by atoms with E-state index in [1.807, 2.05) is 40.3 Å². The molecule has 1 aliphatic rings. The van der Waals surface area contributed by atoms with E-state index in [9.17, 15) is 14.4 Å². The molecular weight excluding hydrogens is 506 g/mol. The first-order valence-electron chi connectivity index (χ1n) is 12.9. The molecule has 10 nitrogen and oxygen atoms in total. The van der Waals surface area contributed by atoms with Gasteiger partial charge in [0.15, 0.2) is 0 Å². The summed E-state index contributed by atoms with van der Waals surface area (Å²) in [6.07, 6.45) is 8.62. The van der Waals surface area contributed by atoms with E-state index in [4.69, 9.17) is 9.47 Å².